The van der Waals surface area contributed by atoms with Gasteiger partial charge in [0.15, 0.2) is 6.29 Å². The Morgan fingerprint density at radius 3 is 2.19 bits per heavy atom. The number of unbranched alkanes of at least 4 members (excludes halogenated alkanes) is 5. The molecule has 0 aromatic carbocycles. The van der Waals surface area contributed by atoms with E-state index in [1.807, 2.05) is 6.92 Å². The number of piperidine rings is 1. The fourth-order valence-corrected chi connectivity index (χ4v) is 2.97. The van der Waals surface area contributed by atoms with Crippen LogP contribution in [-0.4, -0.2) is 43.0 Å². The van der Waals surface area contributed by atoms with E-state index in [2.05, 4.69) is 25.7 Å². The molecule has 0 radical (unpaired) electrons. The summed E-state index contributed by atoms with van der Waals surface area (Å²) in [6.07, 6.45) is 10.5. The fraction of sp³-hybridized carbons (Fsp3) is 1.00. The van der Waals surface area contributed by atoms with E-state index in [4.69, 9.17) is 9.47 Å². The van der Waals surface area contributed by atoms with Crippen LogP contribution in [0.5, 0.6) is 0 Å². The van der Waals surface area contributed by atoms with Gasteiger partial charge in [0.05, 0.1) is 6.10 Å². The second kappa shape index (κ2) is 11.4. The van der Waals surface area contributed by atoms with E-state index in [1.54, 1.807) is 0 Å². The molecule has 1 fully saturated rings. The lowest BCUT2D eigenvalue weighted by molar-refractivity contribution is -0.170. The third-order valence-corrected chi connectivity index (χ3v) is 4.44. The van der Waals surface area contributed by atoms with Crippen LogP contribution in [0, 0.1) is 0 Å². The lowest BCUT2D eigenvalue weighted by Crippen LogP contribution is -2.41. The lowest BCUT2D eigenvalue weighted by atomic mass is 10.1. The molecular weight excluding hydrogens is 262 g/mol. The van der Waals surface area contributed by atoms with Crippen LogP contribution in [0.1, 0.15) is 79.1 Å². The average molecular weight is 299 g/mol. The summed E-state index contributed by atoms with van der Waals surface area (Å²) in [6, 6.07) is 0.660. The summed E-state index contributed by atoms with van der Waals surface area (Å²) < 4.78 is 11.8. The summed E-state index contributed by atoms with van der Waals surface area (Å²) in [5.41, 5.74) is 0. The minimum Gasteiger partial charge on any atom is -0.353 e. The number of hydrogen-bond donors (Lipinski definition) is 0. The average Bonchev–Trinajstić information content (AvgIpc) is 2.47. The summed E-state index contributed by atoms with van der Waals surface area (Å²) in [5.74, 6) is 0. The minimum atomic E-state index is -0.0451. The lowest BCUT2D eigenvalue weighted by Gasteiger charge is -2.35. The second-order valence-electron chi connectivity index (χ2n) is 6.67. The molecule has 21 heavy (non-hydrogen) atoms. The molecule has 1 atom stereocenters. The zero-order valence-corrected chi connectivity index (χ0v) is 14.8. The molecule has 3 nitrogen and oxygen atoms in total. The highest BCUT2D eigenvalue weighted by atomic mass is 16.7. The first-order valence-corrected chi connectivity index (χ1v) is 9.14. The van der Waals surface area contributed by atoms with Crippen LogP contribution < -0.4 is 0 Å². The van der Waals surface area contributed by atoms with Crippen molar-refractivity contribution in [1.82, 2.24) is 4.90 Å². The Morgan fingerprint density at radius 2 is 1.57 bits per heavy atom. The first-order chi connectivity index (χ1) is 10.1. The number of hydrogen-bond acceptors (Lipinski definition) is 3. The molecule has 0 spiro atoms. The number of ether oxygens (including phenoxy) is 2. The van der Waals surface area contributed by atoms with Crippen molar-refractivity contribution in [3.63, 3.8) is 0 Å². The van der Waals surface area contributed by atoms with E-state index in [-0.39, 0.29) is 6.29 Å². The normalized spacial score (nSPS) is 19.3. The standard InChI is InChI=1S/C18H37NO2/c1-5-6-7-8-9-10-15-20-17(4)21-18-11-13-19(14-12-18)16(2)3/h16-18H,5-15H2,1-4H3. The molecule has 0 bridgehead atoms. The number of rotatable bonds is 11. The highest BCUT2D eigenvalue weighted by Gasteiger charge is 2.22. The summed E-state index contributed by atoms with van der Waals surface area (Å²) in [4.78, 5) is 2.53. The van der Waals surface area contributed by atoms with Crippen molar-refractivity contribution in [3.8, 4) is 0 Å². The van der Waals surface area contributed by atoms with Crippen molar-refractivity contribution in [3.05, 3.63) is 0 Å². The number of likely N-dealkylation sites (tertiary alicyclic amines) is 1. The van der Waals surface area contributed by atoms with Crippen molar-refractivity contribution in [2.75, 3.05) is 19.7 Å². The highest BCUT2D eigenvalue weighted by Crippen LogP contribution is 2.17. The Balaban J connectivity index is 1.98. The highest BCUT2D eigenvalue weighted by molar-refractivity contribution is 4.74. The van der Waals surface area contributed by atoms with Gasteiger partial charge in [-0.05, 0) is 40.0 Å². The van der Waals surface area contributed by atoms with Crippen LogP contribution in [0.15, 0.2) is 0 Å². The van der Waals surface area contributed by atoms with Gasteiger partial charge >= 0.3 is 0 Å². The third-order valence-electron chi connectivity index (χ3n) is 4.44. The third kappa shape index (κ3) is 8.80. The van der Waals surface area contributed by atoms with Crippen molar-refractivity contribution in [2.45, 2.75) is 97.5 Å². The van der Waals surface area contributed by atoms with Gasteiger partial charge in [-0.3, -0.25) is 0 Å². The van der Waals surface area contributed by atoms with Gasteiger partial charge in [0.1, 0.15) is 0 Å². The van der Waals surface area contributed by atoms with E-state index >= 15 is 0 Å². The molecular formula is C18H37NO2. The molecule has 126 valence electrons. The number of nitrogens with zero attached hydrogens (tertiary/aromatic N) is 1. The monoisotopic (exact) mass is 299 g/mol. The van der Waals surface area contributed by atoms with Crippen LogP contribution in [0.25, 0.3) is 0 Å². The SMILES string of the molecule is CCCCCCCCOC(C)OC1CCN(C(C)C)CC1. The summed E-state index contributed by atoms with van der Waals surface area (Å²) >= 11 is 0. The van der Waals surface area contributed by atoms with E-state index in [9.17, 15) is 0 Å². The van der Waals surface area contributed by atoms with Gasteiger partial charge in [0.2, 0.25) is 0 Å². The topological polar surface area (TPSA) is 21.7 Å². The molecule has 1 aliphatic rings. The Kier molecular flexibility index (Phi) is 10.3. The first-order valence-electron chi connectivity index (χ1n) is 9.14. The van der Waals surface area contributed by atoms with Crippen molar-refractivity contribution in [2.24, 2.45) is 0 Å². The maximum Gasteiger partial charge on any atom is 0.155 e. The second-order valence-corrected chi connectivity index (χ2v) is 6.67. The van der Waals surface area contributed by atoms with Gasteiger partial charge in [0.25, 0.3) is 0 Å². The zero-order valence-electron chi connectivity index (χ0n) is 14.8. The predicted octanol–water partition coefficient (Wildman–Crippen LogP) is 4.60. The van der Waals surface area contributed by atoms with Crippen LogP contribution in [0.4, 0.5) is 0 Å². The van der Waals surface area contributed by atoms with Crippen LogP contribution in [0.2, 0.25) is 0 Å². The van der Waals surface area contributed by atoms with Crippen LogP contribution in [0.3, 0.4) is 0 Å². The first kappa shape index (κ1) is 18.9. The molecule has 3 heteroatoms. The predicted molar refractivity (Wildman–Crippen MR) is 89.6 cm³/mol. The van der Waals surface area contributed by atoms with Gasteiger partial charge in [-0.15, -0.1) is 0 Å². The molecule has 1 unspecified atom stereocenters. The summed E-state index contributed by atoms with van der Waals surface area (Å²) in [5, 5.41) is 0. The smallest absolute Gasteiger partial charge is 0.155 e. The minimum absolute atomic E-state index is 0.0451. The van der Waals surface area contributed by atoms with E-state index in [0.717, 1.165) is 32.5 Å². The quantitative estimate of drug-likeness (QED) is 0.411. The summed E-state index contributed by atoms with van der Waals surface area (Å²) in [7, 11) is 0. The molecule has 1 aliphatic heterocycles. The maximum atomic E-state index is 6.02. The fourth-order valence-electron chi connectivity index (χ4n) is 2.97. The molecule has 0 aromatic rings. The van der Waals surface area contributed by atoms with Crippen molar-refractivity contribution in [1.29, 1.82) is 0 Å². The Morgan fingerprint density at radius 1 is 0.952 bits per heavy atom. The molecule has 0 aromatic heterocycles. The van der Waals surface area contributed by atoms with Crippen molar-refractivity contribution < 1.29 is 9.47 Å². The molecule has 0 N–H and O–H groups in total. The van der Waals surface area contributed by atoms with Gasteiger partial charge in [-0.1, -0.05) is 39.0 Å². The molecule has 0 saturated carbocycles. The molecule has 0 amide bonds. The zero-order chi connectivity index (χ0) is 15.5. The Bertz CT molecular complexity index is 237. The molecule has 1 heterocycles. The maximum absolute atomic E-state index is 6.02. The largest absolute Gasteiger partial charge is 0.353 e. The van der Waals surface area contributed by atoms with E-state index < -0.39 is 0 Å². The van der Waals surface area contributed by atoms with Crippen molar-refractivity contribution >= 4 is 0 Å². The van der Waals surface area contributed by atoms with Gasteiger partial charge in [-0.2, -0.15) is 0 Å². The molecule has 0 aliphatic carbocycles. The Hall–Kier alpha value is -0.120. The Labute approximate surface area is 132 Å². The molecule has 1 rings (SSSR count). The van der Waals surface area contributed by atoms with Crippen LogP contribution >= 0.6 is 0 Å². The van der Waals surface area contributed by atoms with E-state index in [0.29, 0.717) is 12.1 Å². The van der Waals surface area contributed by atoms with E-state index in [1.165, 1.54) is 38.5 Å². The van der Waals surface area contributed by atoms with Gasteiger partial charge in [-0.25, -0.2) is 0 Å². The van der Waals surface area contributed by atoms with Crippen LogP contribution in [-0.2, 0) is 9.47 Å². The molecule has 1 saturated heterocycles. The van der Waals surface area contributed by atoms with Gasteiger partial charge < -0.3 is 14.4 Å². The van der Waals surface area contributed by atoms with Gasteiger partial charge in [0, 0.05) is 25.7 Å². The summed E-state index contributed by atoms with van der Waals surface area (Å²) in [6.45, 7) is 12.0.